The Morgan fingerprint density at radius 3 is 2.78 bits per heavy atom. The first-order valence-electron chi connectivity index (χ1n) is 8.28. The van der Waals surface area contributed by atoms with Crippen LogP contribution in [0.5, 0.6) is 0 Å². The van der Waals surface area contributed by atoms with Gasteiger partial charge in [0.2, 0.25) is 0 Å². The number of aromatic nitrogens is 4. The van der Waals surface area contributed by atoms with E-state index in [-0.39, 0.29) is 12.2 Å². The molecule has 0 radical (unpaired) electrons. The van der Waals surface area contributed by atoms with Gasteiger partial charge in [0.1, 0.15) is 12.2 Å². The van der Waals surface area contributed by atoms with Crippen LogP contribution in [0.15, 0.2) is 52.8 Å². The highest BCUT2D eigenvalue weighted by atomic mass is 32.1. The number of carbonyl (C=O) groups excluding carboxylic acids is 1. The van der Waals surface area contributed by atoms with E-state index in [1.165, 1.54) is 28.0 Å². The molecule has 4 rings (SSSR count). The molecule has 0 bridgehead atoms. The average Bonchev–Trinajstić information content (AvgIpc) is 3.24. The maximum Gasteiger partial charge on any atom is 0.342 e. The molecular formula is C19H16N4O3S. The lowest BCUT2D eigenvalue weighted by atomic mass is 10.2. The van der Waals surface area contributed by atoms with E-state index in [1.807, 2.05) is 49.6 Å². The molecule has 0 N–H and O–H groups in total. The first-order chi connectivity index (χ1) is 13.0. The van der Waals surface area contributed by atoms with Gasteiger partial charge in [0.15, 0.2) is 4.96 Å². The monoisotopic (exact) mass is 380 g/mol. The van der Waals surface area contributed by atoms with Gasteiger partial charge in [-0.3, -0.25) is 9.20 Å². The van der Waals surface area contributed by atoms with Gasteiger partial charge in [0.25, 0.3) is 5.56 Å². The number of thiazole rings is 1. The highest BCUT2D eigenvalue weighted by Crippen LogP contribution is 2.16. The summed E-state index contributed by atoms with van der Waals surface area (Å²) in [4.78, 5) is 29.6. The van der Waals surface area contributed by atoms with Gasteiger partial charge in [-0.05, 0) is 26.0 Å². The maximum absolute atomic E-state index is 12.5. The summed E-state index contributed by atoms with van der Waals surface area (Å²) in [6.45, 7) is 3.58. The van der Waals surface area contributed by atoms with E-state index in [9.17, 15) is 9.59 Å². The summed E-state index contributed by atoms with van der Waals surface area (Å²) in [5, 5.41) is 6.13. The van der Waals surface area contributed by atoms with Crippen molar-refractivity contribution in [1.82, 2.24) is 19.2 Å². The number of esters is 1. The molecule has 4 aromatic rings. The Morgan fingerprint density at radius 2 is 2.00 bits per heavy atom. The van der Waals surface area contributed by atoms with E-state index < -0.39 is 5.97 Å². The number of nitrogens with zero attached hydrogens (tertiary/aromatic N) is 4. The first kappa shape index (κ1) is 17.2. The summed E-state index contributed by atoms with van der Waals surface area (Å²) in [6.07, 6.45) is 1.48. The molecule has 0 amide bonds. The van der Waals surface area contributed by atoms with Gasteiger partial charge in [-0.2, -0.15) is 5.10 Å². The summed E-state index contributed by atoms with van der Waals surface area (Å²) in [7, 11) is 0. The second-order valence-corrected chi connectivity index (χ2v) is 6.88. The third-order valence-corrected chi connectivity index (χ3v) is 5.15. The Balaban J connectivity index is 1.54. The molecular weight excluding hydrogens is 364 g/mol. The Hall–Kier alpha value is -3.26. The molecule has 1 aromatic carbocycles. The molecule has 0 saturated heterocycles. The van der Waals surface area contributed by atoms with Crippen molar-refractivity contribution in [2.45, 2.75) is 20.5 Å². The third-order valence-electron chi connectivity index (χ3n) is 4.21. The lowest BCUT2D eigenvalue weighted by molar-refractivity contribution is 0.0467. The minimum atomic E-state index is -0.501. The van der Waals surface area contributed by atoms with E-state index in [0.717, 1.165) is 11.4 Å². The Labute approximate surface area is 158 Å². The lowest BCUT2D eigenvalue weighted by Crippen LogP contribution is -2.16. The van der Waals surface area contributed by atoms with Crippen LogP contribution in [-0.2, 0) is 11.3 Å². The Morgan fingerprint density at radius 1 is 1.22 bits per heavy atom. The second-order valence-electron chi connectivity index (χ2n) is 6.05. The molecule has 0 aliphatic carbocycles. The zero-order valence-corrected chi connectivity index (χ0v) is 15.6. The van der Waals surface area contributed by atoms with Crippen molar-refractivity contribution in [3.05, 3.63) is 81.0 Å². The van der Waals surface area contributed by atoms with E-state index in [4.69, 9.17) is 4.74 Å². The van der Waals surface area contributed by atoms with Crippen molar-refractivity contribution in [3.63, 3.8) is 0 Å². The van der Waals surface area contributed by atoms with Gasteiger partial charge in [0.05, 0.1) is 23.3 Å². The van der Waals surface area contributed by atoms with Gasteiger partial charge in [-0.1, -0.05) is 18.2 Å². The summed E-state index contributed by atoms with van der Waals surface area (Å²) in [5.74, 6) is -0.501. The molecule has 7 nitrogen and oxygen atoms in total. The molecule has 136 valence electrons. The van der Waals surface area contributed by atoms with Crippen LogP contribution in [0.1, 0.15) is 27.4 Å². The number of hydrogen-bond acceptors (Lipinski definition) is 6. The Kier molecular flexibility index (Phi) is 4.33. The first-order valence-corrected chi connectivity index (χ1v) is 9.16. The second kappa shape index (κ2) is 6.81. The normalized spacial score (nSPS) is 11.0. The number of hydrogen-bond donors (Lipinski definition) is 0. The average molecular weight is 380 g/mol. The Bertz CT molecular complexity index is 1190. The zero-order chi connectivity index (χ0) is 19.0. The number of para-hydroxylation sites is 1. The molecule has 3 aromatic heterocycles. The van der Waals surface area contributed by atoms with E-state index in [1.54, 1.807) is 4.68 Å². The molecule has 0 spiro atoms. The molecule has 3 heterocycles. The van der Waals surface area contributed by atoms with Gasteiger partial charge in [-0.25, -0.2) is 14.5 Å². The number of rotatable bonds is 4. The predicted molar refractivity (Wildman–Crippen MR) is 101 cm³/mol. The highest BCUT2D eigenvalue weighted by Gasteiger charge is 2.17. The SMILES string of the molecule is Cc1c(C(=O)OCc2cc(=O)n3c(C)csc3n2)cnn1-c1ccccc1. The molecule has 0 saturated carbocycles. The molecule has 0 aliphatic rings. The van der Waals surface area contributed by atoms with Gasteiger partial charge >= 0.3 is 5.97 Å². The van der Waals surface area contributed by atoms with Crippen LogP contribution in [-0.4, -0.2) is 25.1 Å². The molecule has 8 heteroatoms. The van der Waals surface area contributed by atoms with Crippen LogP contribution in [0.4, 0.5) is 0 Å². The summed E-state index contributed by atoms with van der Waals surface area (Å²) in [6, 6.07) is 10.9. The van der Waals surface area contributed by atoms with Crippen molar-refractivity contribution in [1.29, 1.82) is 0 Å². The summed E-state index contributed by atoms with van der Waals surface area (Å²) in [5.41, 5.74) is 3.00. The fraction of sp³-hybridized carbons (Fsp3) is 0.158. The van der Waals surface area contributed by atoms with Crippen molar-refractivity contribution in [3.8, 4) is 5.69 Å². The summed E-state index contributed by atoms with van der Waals surface area (Å²) < 4.78 is 8.57. The zero-order valence-electron chi connectivity index (χ0n) is 14.7. The van der Waals surface area contributed by atoms with Crippen molar-refractivity contribution < 1.29 is 9.53 Å². The van der Waals surface area contributed by atoms with Gasteiger partial charge in [-0.15, -0.1) is 11.3 Å². The van der Waals surface area contributed by atoms with Gasteiger partial charge in [0, 0.05) is 17.1 Å². The number of aryl methyl sites for hydroxylation is 1. The minimum absolute atomic E-state index is 0.0719. The number of carbonyl (C=O) groups is 1. The largest absolute Gasteiger partial charge is 0.455 e. The predicted octanol–water partition coefficient (Wildman–Crippen LogP) is 2.92. The minimum Gasteiger partial charge on any atom is -0.455 e. The maximum atomic E-state index is 12.5. The quantitative estimate of drug-likeness (QED) is 0.509. The standard InChI is InChI=1S/C19H16N4O3S/c1-12-11-27-19-21-14(8-17(24)22(12)19)10-26-18(25)16-9-20-23(13(16)2)15-6-4-3-5-7-15/h3-9,11H,10H2,1-2H3. The van der Waals surface area contributed by atoms with Crippen LogP contribution in [0.2, 0.25) is 0 Å². The van der Waals surface area contributed by atoms with E-state index >= 15 is 0 Å². The van der Waals surface area contributed by atoms with Crippen LogP contribution < -0.4 is 5.56 Å². The number of ether oxygens (including phenoxy) is 1. The summed E-state index contributed by atoms with van der Waals surface area (Å²) >= 11 is 1.37. The van der Waals surface area contributed by atoms with Crippen LogP contribution >= 0.6 is 11.3 Å². The highest BCUT2D eigenvalue weighted by molar-refractivity contribution is 7.15. The molecule has 0 aliphatic heterocycles. The molecule has 27 heavy (non-hydrogen) atoms. The molecule has 0 fully saturated rings. The fourth-order valence-corrected chi connectivity index (χ4v) is 3.72. The van der Waals surface area contributed by atoms with E-state index in [0.29, 0.717) is 21.9 Å². The van der Waals surface area contributed by atoms with Crippen LogP contribution in [0.3, 0.4) is 0 Å². The lowest BCUT2D eigenvalue weighted by Gasteiger charge is -2.06. The van der Waals surface area contributed by atoms with Gasteiger partial charge < -0.3 is 4.74 Å². The van der Waals surface area contributed by atoms with Crippen LogP contribution in [0.25, 0.3) is 10.6 Å². The molecule has 0 atom stereocenters. The third kappa shape index (κ3) is 3.15. The molecule has 0 unspecified atom stereocenters. The van der Waals surface area contributed by atoms with Crippen LogP contribution in [0, 0.1) is 13.8 Å². The smallest absolute Gasteiger partial charge is 0.342 e. The number of benzene rings is 1. The van der Waals surface area contributed by atoms with Crippen molar-refractivity contribution in [2.75, 3.05) is 0 Å². The van der Waals surface area contributed by atoms with E-state index in [2.05, 4.69) is 10.1 Å². The van der Waals surface area contributed by atoms with Crippen molar-refractivity contribution >= 4 is 22.3 Å². The number of fused-ring (bicyclic) bond motifs is 1. The topological polar surface area (TPSA) is 78.5 Å². The fourth-order valence-electron chi connectivity index (χ4n) is 2.83. The van der Waals surface area contributed by atoms with Crippen molar-refractivity contribution in [2.24, 2.45) is 0 Å².